The van der Waals surface area contributed by atoms with E-state index in [4.69, 9.17) is 11.6 Å². The Bertz CT molecular complexity index is 1290. The van der Waals surface area contributed by atoms with Crippen LogP contribution in [0.1, 0.15) is 51.0 Å². The van der Waals surface area contributed by atoms with Gasteiger partial charge in [-0.2, -0.15) is 0 Å². The molecule has 2 heterocycles. The highest BCUT2D eigenvalue weighted by atomic mass is 35.5. The molecule has 0 unspecified atom stereocenters. The smallest absolute Gasteiger partial charge is 0.261 e. The Morgan fingerprint density at radius 1 is 1.18 bits per heavy atom. The Balaban J connectivity index is 1.76. The lowest BCUT2D eigenvalue weighted by Gasteiger charge is -2.26. The number of anilines is 1. The number of benzene rings is 2. The second-order valence-electron chi connectivity index (χ2n) is 9.63. The van der Waals surface area contributed by atoms with Crippen molar-refractivity contribution in [1.29, 1.82) is 0 Å². The molecule has 4 rings (SSSR count). The minimum Gasteiger partial charge on any atom is -0.315 e. The van der Waals surface area contributed by atoms with Crippen molar-refractivity contribution in [3.63, 3.8) is 0 Å². The number of hydrogen-bond donors (Lipinski definition) is 2. The molecule has 0 bridgehead atoms. The molecule has 0 aliphatic carbocycles. The molecule has 10 heteroatoms. The first-order valence-electron chi connectivity index (χ1n) is 11.2. The third-order valence-electron chi connectivity index (χ3n) is 6.08. The van der Waals surface area contributed by atoms with Crippen LogP contribution in [-0.4, -0.2) is 36.3 Å². The van der Waals surface area contributed by atoms with Crippen molar-refractivity contribution in [2.45, 2.75) is 56.9 Å². The van der Waals surface area contributed by atoms with Gasteiger partial charge in [-0.1, -0.05) is 44.5 Å². The van der Waals surface area contributed by atoms with Crippen LogP contribution < -0.4 is 10.0 Å². The Morgan fingerprint density at radius 3 is 2.50 bits per heavy atom. The first kappa shape index (κ1) is 24.6. The minimum absolute atomic E-state index is 0.0548. The summed E-state index contributed by atoms with van der Waals surface area (Å²) in [6.45, 7) is 9.68. The number of nitrogens with one attached hydrogen (secondary N) is 2. The Hall–Kier alpha value is -2.49. The van der Waals surface area contributed by atoms with E-state index in [9.17, 15) is 12.8 Å². The van der Waals surface area contributed by atoms with Gasteiger partial charge in [0.15, 0.2) is 5.82 Å². The molecule has 34 heavy (non-hydrogen) atoms. The predicted octanol–water partition coefficient (Wildman–Crippen LogP) is 5.07. The SMILES string of the molecule is Cc1nnc(-c2cc(Cl)c(F)cc2NS(=O)(=O)c2ccc(C(C)(C)C)cc2)n1[C@H]1CCCNC1. The molecular formula is C24H29ClFN5O2S. The molecule has 182 valence electrons. The van der Waals surface area contributed by atoms with E-state index in [-0.39, 0.29) is 27.1 Å². The van der Waals surface area contributed by atoms with Gasteiger partial charge in [-0.05, 0) is 55.5 Å². The van der Waals surface area contributed by atoms with Gasteiger partial charge in [-0.25, -0.2) is 12.8 Å². The van der Waals surface area contributed by atoms with Crippen LogP contribution in [0, 0.1) is 12.7 Å². The number of hydrogen-bond acceptors (Lipinski definition) is 5. The van der Waals surface area contributed by atoms with Gasteiger partial charge in [0, 0.05) is 24.2 Å². The molecule has 0 amide bonds. The molecule has 1 saturated heterocycles. The summed E-state index contributed by atoms with van der Waals surface area (Å²) < 4.78 is 45.4. The first-order chi connectivity index (χ1) is 16.0. The van der Waals surface area contributed by atoms with E-state index >= 15 is 0 Å². The van der Waals surface area contributed by atoms with Crippen LogP contribution in [-0.2, 0) is 15.4 Å². The predicted molar refractivity (Wildman–Crippen MR) is 132 cm³/mol. The third-order valence-corrected chi connectivity index (χ3v) is 7.75. The molecular weight excluding hydrogens is 477 g/mol. The van der Waals surface area contributed by atoms with Gasteiger partial charge in [-0.15, -0.1) is 10.2 Å². The number of sulfonamides is 1. The third kappa shape index (κ3) is 4.96. The summed E-state index contributed by atoms with van der Waals surface area (Å²) >= 11 is 6.11. The van der Waals surface area contributed by atoms with Crippen molar-refractivity contribution in [3.05, 3.63) is 58.6 Å². The molecule has 2 aromatic carbocycles. The van der Waals surface area contributed by atoms with Crippen molar-refractivity contribution in [2.24, 2.45) is 0 Å². The van der Waals surface area contributed by atoms with Gasteiger partial charge in [-0.3, -0.25) is 4.72 Å². The maximum absolute atomic E-state index is 14.5. The molecule has 3 aromatic rings. The normalized spacial score (nSPS) is 17.1. The molecule has 1 aromatic heterocycles. The van der Waals surface area contributed by atoms with E-state index in [1.807, 2.05) is 11.5 Å². The number of nitrogens with zero attached hydrogens (tertiary/aromatic N) is 3. The van der Waals surface area contributed by atoms with Crippen molar-refractivity contribution in [3.8, 4) is 11.4 Å². The van der Waals surface area contributed by atoms with Crippen LogP contribution in [0.25, 0.3) is 11.4 Å². The summed E-state index contributed by atoms with van der Waals surface area (Å²) in [5, 5.41) is 11.8. The van der Waals surface area contributed by atoms with Gasteiger partial charge < -0.3 is 9.88 Å². The summed E-state index contributed by atoms with van der Waals surface area (Å²) in [6, 6.07) is 9.25. The highest BCUT2D eigenvalue weighted by Crippen LogP contribution is 2.36. The Labute approximate surface area is 204 Å². The van der Waals surface area contributed by atoms with E-state index in [1.165, 1.54) is 6.07 Å². The van der Waals surface area contributed by atoms with Crippen LogP contribution in [0.3, 0.4) is 0 Å². The molecule has 1 atom stereocenters. The fourth-order valence-corrected chi connectivity index (χ4v) is 5.43. The van der Waals surface area contributed by atoms with Gasteiger partial charge in [0.05, 0.1) is 15.6 Å². The molecule has 1 aliphatic heterocycles. The van der Waals surface area contributed by atoms with E-state index in [1.54, 1.807) is 24.3 Å². The summed E-state index contributed by atoms with van der Waals surface area (Å²) in [7, 11) is -4.00. The van der Waals surface area contributed by atoms with Gasteiger partial charge in [0.2, 0.25) is 0 Å². The molecule has 0 saturated carbocycles. The maximum Gasteiger partial charge on any atom is 0.261 e. The highest BCUT2D eigenvalue weighted by molar-refractivity contribution is 7.92. The number of piperidine rings is 1. The van der Waals surface area contributed by atoms with Crippen molar-refractivity contribution in [2.75, 3.05) is 17.8 Å². The van der Waals surface area contributed by atoms with E-state index in [2.05, 4.69) is 41.0 Å². The second kappa shape index (κ2) is 9.28. The maximum atomic E-state index is 14.5. The van der Waals surface area contributed by atoms with Crippen LogP contribution in [0.5, 0.6) is 0 Å². The van der Waals surface area contributed by atoms with Gasteiger partial charge in [0.1, 0.15) is 11.6 Å². The number of rotatable bonds is 5. The lowest BCUT2D eigenvalue weighted by molar-refractivity contribution is 0.368. The van der Waals surface area contributed by atoms with Crippen molar-refractivity contribution in [1.82, 2.24) is 20.1 Å². The molecule has 0 spiro atoms. The average Bonchev–Trinajstić information content (AvgIpc) is 3.17. The molecule has 1 fully saturated rings. The van der Waals surface area contributed by atoms with Crippen LogP contribution >= 0.6 is 11.6 Å². The largest absolute Gasteiger partial charge is 0.315 e. The zero-order valence-corrected chi connectivity index (χ0v) is 21.3. The summed E-state index contributed by atoms with van der Waals surface area (Å²) in [5.74, 6) is 0.401. The summed E-state index contributed by atoms with van der Waals surface area (Å²) in [6.07, 6.45) is 1.92. The Kier molecular flexibility index (Phi) is 6.72. The van der Waals surface area contributed by atoms with Crippen LogP contribution in [0.15, 0.2) is 41.3 Å². The topological polar surface area (TPSA) is 88.9 Å². The molecule has 1 aliphatic rings. The fraction of sp³-hybridized carbons (Fsp3) is 0.417. The Morgan fingerprint density at radius 2 is 1.88 bits per heavy atom. The average molecular weight is 506 g/mol. The standard InChI is InChI=1S/C24H29ClFN5O2S/c1-15-28-29-23(31(15)17-6-5-11-27-14-17)19-12-20(25)21(26)13-22(19)30-34(32,33)18-9-7-16(8-10-18)24(2,3)4/h7-10,12-13,17,27,30H,5-6,11,14H2,1-4H3/t17-/m0/s1. The number of aromatic nitrogens is 3. The molecule has 7 nitrogen and oxygen atoms in total. The van der Waals surface area contributed by atoms with E-state index in [0.717, 1.165) is 37.6 Å². The van der Waals surface area contributed by atoms with Crippen molar-refractivity contribution >= 4 is 27.3 Å². The van der Waals surface area contributed by atoms with Crippen molar-refractivity contribution < 1.29 is 12.8 Å². The van der Waals surface area contributed by atoms with E-state index in [0.29, 0.717) is 17.2 Å². The lowest BCUT2D eigenvalue weighted by Crippen LogP contribution is -2.32. The monoisotopic (exact) mass is 505 g/mol. The van der Waals surface area contributed by atoms with Gasteiger partial charge in [0.25, 0.3) is 10.0 Å². The lowest BCUT2D eigenvalue weighted by atomic mass is 9.87. The summed E-state index contributed by atoms with van der Waals surface area (Å²) in [5.41, 5.74) is 1.32. The minimum atomic E-state index is -4.00. The van der Waals surface area contributed by atoms with Crippen LogP contribution in [0.4, 0.5) is 10.1 Å². The number of halogens is 2. The molecule has 0 radical (unpaired) electrons. The summed E-state index contributed by atoms with van der Waals surface area (Å²) in [4.78, 5) is 0.0796. The highest BCUT2D eigenvalue weighted by Gasteiger charge is 2.26. The number of aryl methyl sites for hydroxylation is 1. The van der Waals surface area contributed by atoms with E-state index < -0.39 is 15.8 Å². The zero-order valence-electron chi connectivity index (χ0n) is 19.7. The van der Waals surface area contributed by atoms with Crippen LogP contribution in [0.2, 0.25) is 5.02 Å². The zero-order chi connectivity index (χ0) is 24.7. The fourth-order valence-electron chi connectivity index (χ4n) is 4.20. The first-order valence-corrected chi connectivity index (χ1v) is 13.1. The quantitative estimate of drug-likeness (QED) is 0.505. The molecule has 2 N–H and O–H groups in total. The second-order valence-corrected chi connectivity index (χ2v) is 11.7. The van der Waals surface area contributed by atoms with Gasteiger partial charge >= 0.3 is 0 Å².